The third kappa shape index (κ3) is 3.53. The van der Waals surface area contributed by atoms with Crippen molar-refractivity contribution in [3.8, 4) is 22.7 Å². The molecule has 0 fully saturated rings. The van der Waals surface area contributed by atoms with Crippen LogP contribution in [0.25, 0.3) is 16.9 Å². The molecule has 0 bridgehead atoms. The standard InChI is InChI=1S/C22H20N4O/c1-16-11-13-19(14-12-16)26-22(23-15-18-9-5-6-10-20(18)27)21(24-25-26)17-7-3-2-4-8-17/h2-14,23,27H,15H2,1H3. The molecule has 0 unspecified atom stereocenters. The Bertz CT molecular complexity index is 1040. The van der Waals surface area contributed by atoms with E-state index < -0.39 is 0 Å². The topological polar surface area (TPSA) is 63.0 Å². The van der Waals surface area contributed by atoms with Gasteiger partial charge in [-0.25, -0.2) is 0 Å². The van der Waals surface area contributed by atoms with E-state index in [1.165, 1.54) is 5.56 Å². The maximum atomic E-state index is 10.1. The SMILES string of the molecule is Cc1ccc(-n2nnc(-c3ccccc3)c2NCc2ccccc2O)cc1. The average Bonchev–Trinajstić information content (AvgIpc) is 3.12. The summed E-state index contributed by atoms with van der Waals surface area (Å²) in [5, 5.41) is 22.2. The summed E-state index contributed by atoms with van der Waals surface area (Å²) in [4.78, 5) is 0. The minimum Gasteiger partial charge on any atom is -0.508 e. The summed E-state index contributed by atoms with van der Waals surface area (Å²) in [7, 11) is 0. The van der Waals surface area contributed by atoms with Crippen molar-refractivity contribution in [2.45, 2.75) is 13.5 Å². The Kier molecular flexibility index (Phi) is 4.58. The van der Waals surface area contributed by atoms with Crippen LogP contribution in [0.1, 0.15) is 11.1 Å². The Morgan fingerprint density at radius 3 is 2.33 bits per heavy atom. The van der Waals surface area contributed by atoms with Crippen molar-refractivity contribution < 1.29 is 5.11 Å². The predicted molar refractivity (Wildman–Crippen MR) is 107 cm³/mol. The number of phenolic OH excluding ortho intramolecular Hbond substituents is 1. The van der Waals surface area contributed by atoms with E-state index in [4.69, 9.17) is 0 Å². The summed E-state index contributed by atoms with van der Waals surface area (Å²) in [6, 6.07) is 25.4. The molecule has 0 aliphatic rings. The second kappa shape index (κ2) is 7.33. The van der Waals surface area contributed by atoms with Crippen LogP contribution in [0.4, 0.5) is 5.82 Å². The zero-order valence-electron chi connectivity index (χ0n) is 15.0. The van der Waals surface area contributed by atoms with Crippen molar-refractivity contribution in [2.75, 3.05) is 5.32 Å². The second-order valence-corrected chi connectivity index (χ2v) is 6.38. The maximum absolute atomic E-state index is 10.1. The highest BCUT2D eigenvalue weighted by molar-refractivity contribution is 5.72. The lowest BCUT2D eigenvalue weighted by Gasteiger charge is -2.12. The Morgan fingerprint density at radius 2 is 1.59 bits per heavy atom. The number of aromatic hydroxyl groups is 1. The fraction of sp³-hybridized carbons (Fsp3) is 0.0909. The molecule has 4 aromatic rings. The fourth-order valence-corrected chi connectivity index (χ4v) is 2.94. The van der Waals surface area contributed by atoms with Crippen molar-refractivity contribution in [1.29, 1.82) is 0 Å². The minimum absolute atomic E-state index is 0.264. The lowest BCUT2D eigenvalue weighted by atomic mass is 10.1. The highest BCUT2D eigenvalue weighted by Crippen LogP contribution is 2.29. The van der Waals surface area contributed by atoms with Gasteiger partial charge < -0.3 is 10.4 Å². The fourth-order valence-electron chi connectivity index (χ4n) is 2.94. The number of nitrogens with one attached hydrogen (secondary N) is 1. The van der Waals surface area contributed by atoms with E-state index in [9.17, 15) is 5.11 Å². The molecule has 5 heteroatoms. The van der Waals surface area contributed by atoms with Gasteiger partial charge in [0.25, 0.3) is 0 Å². The first-order valence-corrected chi connectivity index (χ1v) is 8.81. The van der Waals surface area contributed by atoms with Crippen LogP contribution in [0.15, 0.2) is 78.9 Å². The molecule has 0 saturated heterocycles. The smallest absolute Gasteiger partial charge is 0.158 e. The molecule has 2 N–H and O–H groups in total. The van der Waals surface area contributed by atoms with Crippen molar-refractivity contribution >= 4 is 5.82 Å². The number of aryl methyl sites for hydroxylation is 1. The van der Waals surface area contributed by atoms with Crippen LogP contribution in [0.2, 0.25) is 0 Å². The van der Waals surface area contributed by atoms with Gasteiger partial charge in [-0.2, -0.15) is 4.68 Å². The summed E-state index contributed by atoms with van der Waals surface area (Å²) in [6.45, 7) is 2.52. The van der Waals surface area contributed by atoms with Crippen LogP contribution in [0.5, 0.6) is 5.75 Å². The van der Waals surface area contributed by atoms with E-state index in [2.05, 4.69) is 22.6 Å². The van der Waals surface area contributed by atoms with Crippen molar-refractivity contribution in [3.05, 3.63) is 90.0 Å². The molecule has 1 aromatic heterocycles. The third-order valence-corrected chi connectivity index (χ3v) is 4.43. The van der Waals surface area contributed by atoms with Gasteiger partial charge in [0, 0.05) is 17.7 Å². The summed E-state index contributed by atoms with van der Waals surface area (Å²) < 4.78 is 1.79. The summed E-state index contributed by atoms with van der Waals surface area (Å²) in [6.07, 6.45) is 0. The molecule has 0 radical (unpaired) electrons. The van der Waals surface area contributed by atoms with Gasteiger partial charge in [0.05, 0.1) is 5.69 Å². The van der Waals surface area contributed by atoms with Gasteiger partial charge in [0.2, 0.25) is 0 Å². The average molecular weight is 356 g/mol. The number of aromatic nitrogens is 3. The lowest BCUT2D eigenvalue weighted by Crippen LogP contribution is -2.07. The molecule has 3 aromatic carbocycles. The summed E-state index contributed by atoms with van der Waals surface area (Å²) >= 11 is 0. The number of hydrogen-bond donors (Lipinski definition) is 2. The number of nitrogens with zero attached hydrogens (tertiary/aromatic N) is 3. The van der Waals surface area contributed by atoms with Crippen LogP contribution in [-0.2, 0) is 6.54 Å². The number of para-hydroxylation sites is 1. The Hall–Kier alpha value is -3.60. The molecule has 27 heavy (non-hydrogen) atoms. The number of phenols is 1. The summed E-state index contributed by atoms with van der Waals surface area (Å²) in [5.41, 5.74) is 4.68. The number of anilines is 1. The van der Waals surface area contributed by atoms with Crippen LogP contribution >= 0.6 is 0 Å². The van der Waals surface area contributed by atoms with Crippen LogP contribution in [-0.4, -0.2) is 20.1 Å². The molecule has 134 valence electrons. The van der Waals surface area contributed by atoms with Gasteiger partial charge in [-0.3, -0.25) is 0 Å². The van der Waals surface area contributed by atoms with Gasteiger partial charge in [0.1, 0.15) is 11.4 Å². The highest BCUT2D eigenvalue weighted by atomic mass is 16.3. The van der Waals surface area contributed by atoms with E-state index in [0.29, 0.717) is 6.54 Å². The molecule has 0 saturated carbocycles. The molecule has 5 nitrogen and oxygen atoms in total. The van der Waals surface area contributed by atoms with Crippen molar-refractivity contribution in [3.63, 3.8) is 0 Å². The van der Waals surface area contributed by atoms with Crippen molar-refractivity contribution in [2.24, 2.45) is 0 Å². The second-order valence-electron chi connectivity index (χ2n) is 6.38. The Balaban J connectivity index is 1.75. The quantitative estimate of drug-likeness (QED) is 0.550. The molecule has 0 aliphatic carbocycles. The van der Waals surface area contributed by atoms with Gasteiger partial charge in [0.15, 0.2) is 5.82 Å². The van der Waals surface area contributed by atoms with E-state index in [-0.39, 0.29) is 5.75 Å². The first-order chi connectivity index (χ1) is 13.2. The zero-order chi connectivity index (χ0) is 18.6. The first-order valence-electron chi connectivity index (χ1n) is 8.81. The molecule has 1 heterocycles. The molecule has 0 atom stereocenters. The molecular weight excluding hydrogens is 336 g/mol. The third-order valence-electron chi connectivity index (χ3n) is 4.43. The molecule has 0 amide bonds. The maximum Gasteiger partial charge on any atom is 0.158 e. The first kappa shape index (κ1) is 16.8. The Labute approximate surface area is 157 Å². The number of rotatable bonds is 5. The zero-order valence-corrected chi connectivity index (χ0v) is 15.0. The monoisotopic (exact) mass is 356 g/mol. The Morgan fingerprint density at radius 1 is 0.889 bits per heavy atom. The molecule has 0 aliphatic heterocycles. The lowest BCUT2D eigenvalue weighted by molar-refractivity contribution is 0.469. The molecule has 4 rings (SSSR count). The van der Waals surface area contributed by atoms with E-state index in [0.717, 1.165) is 28.3 Å². The normalized spacial score (nSPS) is 10.7. The van der Waals surface area contributed by atoms with Crippen LogP contribution in [0, 0.1) is 6.92 Å². The largest absolute Gasteiger partial charge is 0.508 e. The van der Waals surface area contributed by atoms with Crippen LogP contribution < -0.4 is 5.32 Å². The van der Waals surface area contributed by atoms with Gasteiger partial charge >= 0.3 is 0 Å². The van der Waals surface area contributed by atoms with E-state index in [1.807, 2.05) is 72.8 Å². The predicted octanol–water partition coefficient (Wildman–Crippen LogP) is 4.56. The number of benzene rings is 3. The van der Waals surface area contributed by atoms with E-state index in [1.54, 1.807) is 10.7 Å². The highest BCUT2D eigenvalue weighted by Gasteiger charge is 2.16. The molecular formula is C22H20N4O. The van der Waals surface area contributed by atoms with E-state index >= 15 is 0 Å². The van der Waals surface area contributed by atoms with Crippen LogP contribution in [0.3, 0.4) is 0 Å². The van der Waals surface area contributed by atoms with Crippen molar-refractivity contribution in [1.82, 2.24) is 15.0 Å². The minimum atomic E-state index is 0.264. The van der Waals surface area contributed by atoms with Gasteiger partial charge in [-0.1, -0.05) is 71.4 Å². The molecule has 0 spiro atoms. The summed E-state index contributed by atoms with van der Waals surface area (Å²) in [5.74, 6) is 1.05. The van der Waals surface area contributed by atoms with Gasteiger partial charge in [-0.05, 0) is 25.1 Å². The number of hydrogen-bond acceptors (Lipinski definition) is 4. The van der Waals surface area contributed by atoms with Gasteiger partial charge in [-0.15, -0.1) is 5.10 Å².